The number of nitrogens with one attached hydrogen (secondary N) is 1. The molecule has 1 aromatic carbocycles. The highest BCUT2D eigenvalue weighted by molar-refractivity contribution is 7.90. The van der Waals surface area contributed by atoms with Crippen molar-refractivity contribution in [2.75, 3.05) is 23.8 Å². The van der Waals surface area contributed by atoms with E-state index in [1.54, 1.807) is 12.1 Å². The van der Waals surface area contributed by atoms with Crippen molar-refractivity contribution in [3.63, 3.8) is 0 Å². The fraction of sp³-hybridized carbons (Fsp3) is 0.370. The zero-order valence-electron chi connectivity index (χ0n) is 21.9. The van der Waals surface area contributed by atoms with Crippen LogP contribution in [0.25, 0.3) is 11.3 Å². The van der Waals surface area contributed by atoms with E-state index in [0.29, 0.717) is 36.0 Å². The van der Waals surface area contributed by atoms with Crippen LogP contribution in [-0.4, -0.2) is 43.0 Å². The lowest BCUT2D eigenvalue weighted by Crippen LogP contribution is -2.41. The van der Waals surface area contributed by atoms with Crippen LogP contribution in [0.1, 0.15) is 50.9 Å². The van der Waals surface area contributed by atoms with Crippen molar-refractivity contribution in [3.8, 4) is 17.0 Å². The highest BCUT2D eigenvalue weighted by Crippen LogP contribution is 2.36. The summed E-state index contributed by atoms with van der Waals surface area (Å²) >= 11 is 0. The lowest BCUT2D eigenvalue weighted by atomic mass is 10.0. The van der Waals surface area contributed by atoms with Gasteiger partial charge in [0.2, 0.25) is 0 Å². The van der Waals surface area contributed by atoms with Crippen LogP contribution in [0, 0.1) is 11.7 Å². The number of hydrogen-bond donors (Lipinski definition) is 2. The van der Waals surface area contributed by atoms with E-state index in [2.05, 4.69) is 9.71 Å². The summed E-state index contributed by atoms with van der Waals surface area (Å²) in [6.07, 6.45) is 1.73. The smallest absolute Gasteiger partial charge is 0.281 e. The summed E-state index contributed by atoms with van der Waals surface area (Å²) in [5.41, 5.74) is 6.26. The number of rotatable bonds is 8. The number of halogens is 1. The zero-order chi connectivity index (χ0) is 27.7. The van der Waals surface area contributed by atoms with Gasteiger partial charge in [-0.1, -0.05) is 19.9 Å². The van der Waals surface area contributed by atoms with Gasteiger partial charge < -0.3 is 15.4 Å². The van der Waals surface area contributed by atoms with Gasteiger partial charge in [0.15, 0.2) is 5.03 Å². The number of nitrogens with zero attached hydrogens (tertiary/aromatic N) is 3. The van der Waals surface area contributed by atoms with Gasteiger partial charge in [-0.2, -0.15) is 8.42 Å². The Morgan fingerprint density at radius 1 is 1.18 bits per heavy atom. The molecular formula is C27H32FN5O4S. The van der Waals surface area contributed by atoms with Crippen molar-refractivity contribution >= 4 is 27.6 Å². The maximum absolute atomic E-state index is 14.5. The third-order valence-electron chi connectivity index (χ3n) is 6.27. The first kappa shape index (κ1) is 27.3. The van der Waals surface area contributed by atoms with Gasteiger partial charge >= 0.3 is 0 Å². The molecule has 0 atom stereocenters. The lowest BCUT2D eigenvalue weighted by Gasteiger charge is -2.34. The summed E-state index contributed by atoms with van der Waals surface area (Å²) in [4.78, 5) is 23.9. The SMILES string of the molecule is CC(C)COc1cc(F)cc(-c2ccc(C(=O)NS(=O)(=O)c3cccc(N)n3)c(N3CCCC3(C)C)n2)c1. The Morgan fingerprint density at radius 3 is 2.61 bits per heavy atom. The Labute approximate surface area is 222 Å². The highest BCUT2D eigenvalue weighted by Gasteiger charge is 2.36. The number of nitrogen functional groups attached to an aromatic ring is 1. The summed E-state index contributed by atoms with van der Waals surface area (Å²) in [5.74, 6) is -0.369. The number of aromatic nitrogens is 2. The summed E-state index contributed by atoms with van der Waals surface area (Å²) < 4.78 is 48.0. The number of nitrogens with two attached hydrogens (primary N) is 1. The van der Waals surface area contributed by atoms with E-state index < -0.39 is 21.7 Å². The largest absolute Gasteiger partial charge is 0.493 e. The molecule has 0 radical (unpaired) electrons. The van der Waals surface area contributed by atoms with Crippen molar-refractivity contribution in [1.29, 1.82) is 0 Å². The van der Waals surface area contributed by atoms with E-state index in [0.717, 1.165) is 12.8 Å². The van der Waals surface area contributed by atoms with Crippen molar-refractivity contribution in [3.05, 3.63) is 59.9 Å². The number of carbonyl (C=O) groups is 1. The topological polar surface area (TPSA) is 128 Å². The van der Waals surface area contributed by atoms with Crippen LogP contribution in [-0.2, 0) is 10.0 Å². The predicted octanol–water partition coefficient (Wildman–Crippen LogP) is 4.40. The maximum atomic E-state index is 14.5. The van der Waals surface area contributed by atoms with Gasteiger partial charge in [0.25, 0.3) is 15.9 Å². The van der Waals surface area contributed by atoms with Gasteiger partial charge in [-0.15, -0.1) is 0 Å². The molecule has 38 heavy (non-hydrogen) atoms. The van der Waals surface area contributed by atoms with Crippen LogP contribution in [0.4, 0.5) is 16.0 Å². The second-order valence-electron chi connectivity index (χ2n) is 10.4. The average molecular weight is 542 g/mol. The molecule has 1 aliphatic heterocycles. The van der Waals surface area contributed by atoms with E-state index in [-0.39, 0.29) is 27.9 Å². The number of pyridine rings is 2. The van der Waals surface area contributed by atoms with Gasteiger partial charge in [-0.3, -0.25) is 4.79 Å². The van der Waals surface area contributed by atoms with Gasteiger partial charge in [0.05, 0.1) is 17.9 Å². The average Bonchev–Trinajstić information content (AvgIpc) is 3.20. The second-order valence-corrected chi connectivity index (χ2v) is 12.0. The van der Waals surface area contributed by atoms with Crippen molar-refractivity contribution in [1.82, 2.24) is 14.7 Å². The van der Waals surface area contributed by atoms with Gasteiger partial charge in [0, 0.05) is 23.7 Å². The Hall–Kier alpha value is -3.73. The van der Waals surface area contributed by atoms with Gasteiger partial charge in [0.1, 0.15) is 23.2 Å². The maximum Gasteiger partial charge on any atom is 0.281 e. The molecule has 202 valence electrons. The second kappa shape index (κ2) is 10.6. The van der Waals surface area contributed by atoms with Crippen LogP contribution < -0.4 is 20.1 Å². The van der Waals surface area contributed by atoms with Crippen LogP contribution >= 0.6 is 0 Å². The molecule has 1 aliphatic rings. The van der Waals surface area contributed by atoms with Crippen molar-refractivity contribution < 1.29 is 22.3 Å². The molecule has 3 N–H and O–H groups in total. The number of amides is 1. The van der Waals surface area contributed by atoms with Crippen LogP contribution in [0.3, 0.4) is 0 Å². The highest BCUT2D eigenvalue weighted by atomic mass is 32.2. The molecule has 1 saturated heterocycles. The minimum Gasteiger partial charge on any atom is -0.493 e. The monoisotopic (exact) mass is 541 g/mol. The number of anilines is 2. The predicted molar refractivity (Wildman–Crippen MR) is 144 cm³/mol. The first-order valence-electron chi connectivity index (χ1n) is 12.4. The molecule has 0 aliphatic carbocycles. The molecule has 11 heteroatoms. The molecule has 3 aromatic rings. The normalized spacial score (nSPS) is 15.1. The fourth-order valence-electron chi connectivity index (χ4n) is 4.36. The molecule has 9 nitrogen and oxygen atoms in total. The molecular weight excluding hydrogens is 509 g/mol. The van der Waals surface area contributed by atoms with E-state index in [1.165, 1.54) is 36.4 Å². The summed E-state index contributed by atoms with van der Waals surface area (Å²) in [6.45, 7) is 9.11. The van der Waals surface area contributed by atoms with E-state index in [1.807, 2.05) is 32.6 Å². The Kier molecular flexibility index (Phi) is 7.59. The molecule has 0 bridgehead atoms. The van der Waals surface area contributed by atoms with E-state index in [9.17, 15) is 17.6 Å². The summed E-state index contributed by atoms with van der Waals surface area (Å²) in [5, 5.41) is -0.368. The van der Waals surface area contributed by atoms with Crippen molar-refractivity contribution in [2.24, 2.45) is 5.92 Å². The van der Waals surface area contributed by atoms with Crippen LogP contribution in [0.5, 0.6) is 5.75 Å². The number of ether oxygens (including phenoxy) is 1. The number of hydrogen-bond acceptors (Lipinski definition) is 8. The zero-order valence-corrected chi connectivity index (χ0v) is 22.7. The number of sulfonamides is 1. The Morgan fingerprint density at radius 2 is 1.95 bits per heavy atom. The van der Waals surface area contributed by atoms with Crippen LogP contribution in [0.2, 0.25) is 0 Å². The standard InChI is InChI=1S/C27H32FN5O4S/c1-17(2)16-37-20-14-18(13-19(28)15-20)22-10-9-21(25(30-22)33-12-6-11-27(33,3)4)26(34)32-38(35,36)24-8-5-7-23(29)31-24/h5,7-10,13-15,17H,6,11-12,16H2,1-4H3,(H2,29,31)(H,32,34). The van der Waals surface area contributed by atoms with E-state index in [4.69, 9.17) is 15.5 Å². The Balaban J connectivity index is 1.74. The molecule has 0 spiro atoms. The fourth-order valence-corrected chi connectivity index (χ4v) is 5.30. The molecule has 1 fully saturated rings. The molecule has 0 unspecified atom stereocenters. The first-order chi connectivity index (χ1) is 17.9. The molecule has 1 amide bonds. The minimum absolute atomic E-state index is 0.0117. The van der Waals surface area contributed by atoms with Gasteiger partial charge in [-0.25, -0.2) is 19.1 Å². The lowest BCUT2D eigenvalue weighted by molar-refractivity contribution is 0.0981. The summed E-state index contributed by atoms with van der Waals surface area (Å²) in [7, 11) is -4.29. The van der Waals surface area contributed by atoms with Crippen molar-refractivity contribution in [2.45, 2.75) is 51.1 Å². The van der Waals surface area contributed by atoms with Crippen LogP contribution in [0.15, 0.2) is 53.6 Å². The first-order valence-corrected chi connectivity index (χ1v) is 13.9. The quantitative estimate of drug-likeness (QED) is 0.430. The minimum atomic E-state index is -4.29. The number of carbonyl (C=O) groups excluding carboxylic acids is 1. The molecule has 0 saturated carbocycles. The summed E-state index contributed by atoms with van der Waals surface area (Å²) in [6, 6.07) is 11.6. The van der Waals surface area contributed by atoms with Gasteiger partial charge in [-0.05, 0) is 69.0 Å². The molecule has 4 rings (SSSR count). The van der Waals surface area contributed by atoms with E-state index >= 15 is 0 Å². The third-order valence-corrected chi connectivity index (χ3v) is 7.51. The third kappa shape index (κ3) is 6.04. The molecule has 3 heterocycles. The number of benzene rings is 1. The Bertz CT molecular complexity index is 1460. The molecule has 2 aromatic heterocycles.